The molecule has 1 rings (SSSR count). The van der Waals surface area contributed by atoms with Gasteiger partial charge in [0.2, 0.25) is 0 Å². The minimum atomic E-state index is -0.162. The molecule has 2 nitrogen and oxygen atoms in total. The van der Waals surface area contributed by atoms with Crippen LogP contribution in [0.5, 0.6) is 5.75 Å². The largest absolute Gasteiger partial charge is 0.508 e. The lowest BCUT2D eigenvalue weighted by Gasteiger charge is -2.12. The zero-order valence-electron chi connectivity index (χ0n) is 9.15. The molecule has 104 valence electrons. The molecule has 0 aromatic heterocycles. The molecule has 0 aliphatic heterocycles. The summed E-state index contributed by atoms with van der Waals surface area (Å²) >= 11 is 34.3. The maximum atomic E-state index is 9.92. The zero-order valence-corrected chi connectivity index (χ0v) is 13.7. The van der Waals surface area contributed by atoms with Gasteiger partial charge in [0, 0.05) is 17.7 Å². The maximum absolute atomic E-state index is 9.92. The Morgan fingerprint density at radius 1 is 0.947 bits per heavy atom. The second-order valence-electron chi connectivity index (χ2n) is 3.37. The van der Waals surface area contributed by atoms with Crippen molar-refractivity contribution in [3.05, 3.63) is 37.8 Å². The first-order chi connectivity index (χ1) is 8.79. The summed E-state index contributed by atoms with van der Waals surface area (Å²) in [4.78, 5) is 0. The second-order valence-corrected chi connectivity index (χ2v) is 6.03. The molecule has 0 radical (unpaired) electrons. The van der Waals surface area contributed by atoms with Crippen molar-refractivity contribution < 1.29 is 5.11 Å². The fourth-order valence-electron chi connectivity index (χ4n) is 1.40. The number of hydrogen-bond donors (Lipinski definition) is 2. The van der Waals surface area contributed by atoms with E-state index in [-0.39, 0.29) is 31.3 Å². The molecule has 0 amide bonds. The SMILES string of the molecule is NCc1c(O)cc(C(Cl)=C(Cl)Cl)cc1C(Cl)=C(Cl)Cl. The molecular formula is C11H7Cl6NO. The van der Waals surface area contributed by atoms with Gasteiger partial charge >= 0.3 is 0 Å². The van der Waals surface area contributed by atoms with E-state index in [1.165, 1.54) is 12.1 Å². The number of benzene rings is 1. The lowest BCUT2D eigenvalue weighted by Crippen LogP contribution is -2.02. The van der Waals surface area contributed by atoms with E-state index in [0.29, 0.717) is 16.7 Å². The number of aromatic hydroxyl groups is 1. The van der Waals surface area contributed by atoms with E-state index in [9.17, 15) is 5.11 Å². The molecule has 0 bridgehead atoms. The summed E-state index contributed by atoms with van der Waals surface area (Å²) in [5.41, 5.74) is 6.64. The van der Waals surface area contributed by atoms with Gasteiger partial charge < -0.3 is 10.8 Å². The molecule has 19 heavy (non-hydrogen) atoms. The van der Waals surface area contributed by atoms with Crippen LogP contribution in [0, 0.1) is 0 Å². The summed E-state index contributed by atoms with van der Waals surface area (Å²) in [7, 11) is 0. The van der Waals surface area contributed by atoms with Gasteiger partial charge in [-0.15, -0.1) is 0 Å². The monoisotopic (exact) mass is 379 g/mol. The average molecular weight is 382 g/mol. The molecule has 0 spiro atoms. The number of phenolic OH excluding ortho intramolecular Hbond substituents is 1. The van der Waals surface area contributed by atoms with E-state index in [2.05, 4.69) is 0 Å². The van der Waals surface area contributed by atoms with Crippen LogP contribution in [0.25, 0.3) is 10.1 Å². The zero-order chi connectivity index (χ0) is 14.7. The predicted molar refractivity (Wildman–Crippen MR) is 85.0 cm³/mol. The fraction of sp³-hybridized carbons (Fsp3) is 0.0909. The van der Waals surface area contributed by atoms with Gasteiger partial charge in [-0.1, -0.05) is 69.6 Å². The molecule has 0 aliphatic carbocycles. The van der Waals surface area contributed by atoms with Gasteiger partial charge in [-0.05, 0) is 17.7 Å². The minimum Gasteiger partial charge on any atom is -0.508 e. The van der Waals surface area contributed by atoms with Gasteiger partial charge in [0.05, 0.1) is 10.1 Å². The highest BCUT2D eigenvalue weighted by molar-refractivity contribution is 6.67. The van der Waals surface area contributed by atoms with Crippen molar-refractivity contribution in [3.8, 4) is 5.75 Å². The van der Waals surface area contributed by atoms with Crippen molar-refractivity contribution in [1.29, 1.82) is 0 Å². The van der Waals surface area contributed by atoms with Crippen molar-refractivity contribution in [2.45, 2.75) is 6.54 Å². The smallest absolute Gasteiger partial charge is 0.126 e. The highest BCUT2D eigenvalue weighted by Crippen LogP contribution is 2.38. The highest BCUT2D eigenvalue weighted by atomic mass is 35.5. The van der Waals surface area contributed by atoms with Crippen LogP contribution >= 0.6 is 69.6 Å². The molecular weight excluding hydrogens is 375 g/mol. The van der Waals surface area contributed by atoms with Crippen LogP contribution in [0.1, 0.15) is 16.7 Å². The van der Waals surface area contributed by atoms with Gasteiger partial charge in [-0.3, -0.25) is 0 Å². The maximum Gasteiger partial charge on any atom is 0.126 e. The summed E-state index contributed by atoms with van der Waals surface area (Å²) in [5.74, 6) is -0.115. The van der Waals surface area contributed by atoms with Crippen LogP contribution in [0.15, 0.2) is 21.1 Å². The number of hydrogen-bond acceptors (Lipinski definition) is 2. The first-order valence-corrected chi connectivity index (χ1v) is 7.04. The molecule has 1 aromatic rings. The van der Waals surface area contributed by atoms with E-state index >= 15 is 0 Å². The van der Waals surface area contributed by atoms with Crippen molar-refractivity contribution >= 4 is 79.7 Å². The number of rotatable bonds is 3. The number of halogens is 6. The lowest BCUT2D eigenvalue weighted by atomic mass is 10.0. The molecule has 0 unspecified atom stereocenters. The Bertz CT molecular complexity index is 559. The van der Waals surface area contributed by atoms with Crippen LogP contribution in [0.2, 0.25) is 0 Å². The Morgan fingerprint density at radius 2 is 1.47 bits per heavy atom. The fourth-order valence-corrected chi connectivity index (χ4v) is 2.10. The third kappa shape index (κ3) is 4.08. The van der Waals surface area contributed by atoms with Crippen molar-refractivity contribution in [2.75, 3.05) is 0 Å². The van der Waals surface area contributed by atoms with Crippen LogP contribution in [0.4, 0.5) is 0 Å². The Balaban J connectivity index is 3.62. The lowest BCUT2D eigenvalue weighted by molar-refractivity contribution is 0.468. The normalized spacial score (nSPS) is 10.3. The summed E-state index contributed by atoms with van der Waals surface area (Å²) in [6.07, 6.45) is 0. The number of phenols is 1. The highest BCUT2D eigenvalue weighted by Gasteiger charge is 2.16. The van der Waals surface area contributed by atoms with Crippen LogP contribution < -0.4 is 5.73 Å². The second kappa shape index (κ2) is 7.28. The Hall–Kier alpha value is 0.200. The molecule has 1 aromatic carbocycles. The quantitative estimate of drug-likeness (QED) is 0.722. The third-order valence-electron chi connectivity index (χ3n) is 2.25. The average Bonchev–Trinajstić information content (AvgIpc) is 2.35. The summed E-state index contributed by atoms with van der Waals surface area (Å²) < 4.78 is -0.311. The molecule has 0 aliphatic rings. The molecule has 8 heteroatoms. The Kier molecular flexibility index (Phi) is 6.61. The molecule has 0 saturated heterocycles. The topological polar surface area (TPSA) is 46.2 Å². The summed E-state index contributed by atoms with van der Waals surface area (Å²) in [6, 6.07) is 2.90. The van der Waals surface area contributed by atoms with Crippen molar-refractivity contribution in [2.24, 2.45) is 5.73 Å². The predicted octanol–water partition coefficient (Wildman–Crippen LogP) is 5.54. The van der Waals surface area contributed by atoms with Crippen LogP contribution in [-0.2, 0) is 6.54 Å². The standard InChI is InChI=1S/C11H7Cl6NO/c12-8(10(14)15)4-1-5(9(13)11(16)17)6(3-18)7(19)2-4/h1-2,19H,3,18H2. The van der Waals surface area contributed by atoms with E-state index in [4.69, 9.17) is 75.3 Å². The van der Waals surface area contributed by atoms with Gasteiger partial charge in [0.15, 0.2) is 0 Å². The summed E-state index contributed by atoms with van der Waals surface area (Å²) in [5, 5.41) is 10.0. The minimum absolute atomic E-state index is 0.0364. The summed E-state index contributed by atoms with van der Waals surface area (Å²) in [6.45, 7) is 0.0364. The van der Waals surface area contributed by atoms with E-state index in [1.807, 2.05) is 0 Å². The molecule has 0 fully saturated rings. The Morgan fingerprint density at radius 3 is 1.89 bits per heavy atom. The van der Waals surface area contributed by atoms with E-state index < -0.39 is 0 Å². The van der Waals surface area contributed by atoms with Gasteiger partial charge in [0.25, 0.3) is 0 Å². The van der Waals surface area contributed by atoms with Gasteiger partial charge in [-0.25, -0.2) is 0 Å². The first kappa shape index (κ1) is 17.3. The van der Waals surface area contributed by atoms with Crippen molar-refractivity contribution in [1.82, 2.24) is 0 Å². The number of nitrogens with two attached hydrogens (primary N) is 1. The molecule has 0 atom stereocenters. The van der Waals surface area contributed by atoms with Crippen molar-refractivity contribution in [3.63, 3.8) is 0 Å². The van der Waals surface area contributed by atoms with E-state index in [1.54, 1.807) is 0 Å². The first-order valence-electron chi connectivity index (χ1n) is 4.77. The third-order valence-corrected chi connectivity index (χ3v) is 4.19. The van der Waals surface area contributed by atoms with Crippen LogP contribution in [-0.4, -0.2) is 5.11 Å². The van der Waals surface area contributed by atoms with E-state index in [0.717, 1.165) is 0 Å². The van der Waals surface area contributed by atoms with Gasteiger partial charge in [-0.2, -0.15) is 0 Å². The molecule has 3 N–H and O–H groups in total. The molecule has 0 heterocycles. The molecule has 0 saturated carbocycles. The van der Waals surface area contributed by atoms with Gasteiger partial charge in [0.1, 0.15) is 14.7 Å². The Labute approximate surface area is 140 Å². The van der Waals surface area contributed by atoms with Crippen LogP contribution in [0.3, 0.4) is 0 Å².